The van der Waals surface area contributed by atoms with Gasteiger partial charge in [0.05, 0.1) is 22.1 Å². The maximum Gasteiger partial charge on any atom is 0.140 e. The van der Waals surface area contributed by atoms with Crippen LogP contribution in [0.4, 0.5) is 0 Å². The molecule has 7 aromatic carbocycles. The van der Waals surface area contributed by atoms with Crippen LogP contribution in [0.15, 0.2) is 158 Å². The number of benzene rings is 7. The van der Waals surface area contributed by atoms with Crippen molar-refractivity contribution in [3.05, 3.63) is 158 Å². The zero-order chi connectivity index (χ0) is 32.2. The highest BCUT2D eigenvalue weighted by Crippen LogP contribution is 2.38. The van der Waals surface area contributed by atoms with Gasteiger partial charge in [-0.25, -0.2) is 9.97 Å². The van der Waals surface area contributed by atoms with E-state index in [1.807, 2.05) is 12.1 Å². The molecule has 9 rings (SSSR count). The molecule has 4 nitrogen and oxygen atoms in total. The summed E-state index contributed by atoms with van der Waals surface area (Å²) < 4.78 is 4.33. The summed E-state index contributed by atoms with van der Waals surface area (Å²) in [6.07, 6.45) is 0. The zero-order valence-electron chi connectivity index (χ0n) is 26.8. The normalized spacial score (nSPS) is 11.5. The molecular formula is C44H32N4. The number of fused-ring (bicyclic) bond motifs is 3. The van der Waals surface area contributed by atoms with Gasteiger partial charge in [-0.2, -0.15) is 0 Å². The highest BCUT2D eigenvalue weighted by Gasteiger charge is 2.14. The van der Waals surface area contributed by atoms with Crippen LogP contribution in [-0.2, 0) is 14.1 Å². The summed E-state index contributed by atoms with van der Waals surface area (Å²) in [5.74, 6) is 1.95. The molecule has 0 aliphatic heterocycles. The lowest BCUT2D eigenvalue weighted by molar-refractivity contribution is 0.959. The third kappa shape index (κ3) is 4.61. The lowest BCUT2D eigenvalue weighted by Gasteiger charge is -2.14. The van der Waals surface area contributed by atoms with E-state index in [1.165, 1.54) is 44.2 Å². The maximum atomic E-state index is 4.91. The van der Waals surface area contributed by atoms with E-state index in [2.05, 4.69) is 169 Å². The largest absolute Gasteiger partial charge is 0.327 e. The molecule has 0 amide bonds. The molecule has 0 bridgehead atoms. The lowest BCUT2D eigenvalue weighted by atomic mass is 9.90. The van der Waals surface area contributed by atoms with Crippen LogP contribution in [0.3, 0.4) is 0 Å². The molecule has 9 aromatic rings. The Morgan fingerprint density at radius 2 is 0.729 bits per heavy atom. The summed E-state index contributed by atoms with van der Waals surface area (Å²) in [5.41, 5.74) is 13.7. The number of hydrogen-bond acceptors (Lipinski definition) is 2. The Morgan fingerprint density at radius 3 is 1.15 bits per heavy atom. The highest BCUT2D eigenvalue weighted by atomic mass is 15.1. The first-order valence-corrected chi connectivity index (χ1v) is 16.3. The van der Waals surface area contributed by atoms with Crippen LogP contribution in [0.2, 0.25) is 0 Å². The van der Waals surface area contributed by atoms with E-state index in [0.717, 1.165) is 44.8 Å². The van der Waals surface area contributed by atoms with Gasteiger partial charge in [-0.3, -0.25) is 0 Å². The molecule has 0 spiro atoms. The number of rotatable bonds is 5. The van der Waals surface area contributed by atoms with Gasteiger partial charge < -0.3 is 9.13 Å². The molecule has 48 heavy (non-hydrogen) atoms. The third-order valence-electron chi connectivity index (χ3n) is 9.61. The van der Waals surface area contributed by atoms with E-state index in [9.17, 15) is 0 Å². The summed E-state index contributed by atoms with van der Waals surface area (Å²) in [7, 11) is 4.16. The molecule has 4 heteroatoms. The van der Waals surface area contributed by atoms with Gasteiger partial charge in [-0.15, -0.1) is 0 Å². The van der Waals surface area contributed by atoms with Crippen molar-refractivity contribution in [3.63, 3.8) is 0 Å². The summed E-state index contributed by atoms with van der Waals surface area (Å²) in [4.78, 5) is 9.78. The van der Waals surface area contributed by atoms with E-state index in [0.29, 0.717) is 0 Å². The van der Waals surface area contributed by atoms with Gasteiger partial charge in [0.15, 0.2) is 0 Å². The van der Waals surface area contributed by atoms with Crippen molar-refractivity contribution in [1.82, 2.24) is 19.1 Å². The Morgan fingerprint density at radius 1 is 0.354 bits per heavy atom. The molecule has 0 radical (unpaired) electrons. The molecule has 2 heterocycles. The van der Waals surface area contributed by atoms with Crippen molar-refractivity contribution >= 4 is 32.8 Å². The number of hydrogen-bond donors (Lipinski definition) is 0. The minimum atomic E-state index is 0.973. The maximum absolute atomic E-state index is 4.91. The van der Waals surface area contributed by atoms with E-state index < -0.39 is 0 Å². The van der Waals surface area contributed by atoms with Crippen molar-refractivity contribution < 1.29 is 0 Å². The van der Waals surface area contributed by atoms with Crippen molar-refractivity contribution in [1.29, 1.82) is 0 Å². The number of imidazole rings is 2. The fourth-order valence-corrected chi connectivity index (χ4v) is 7.08. The van der Waals surface area contributed by atoms with Crippen LogP contribution >= 0.6 is 0 Å². The Bertz CT molecular complexity index is 2600. The molecular weight excluding hydrogens is 585 g/mol. The van der Waals surface area contributed by atoms with Crippen LogP contribution in [0, 0.1) is 0 Å². The molecule has 0 atom stereocenters. The van der Waals surface area contributed by atoms with Gasteiger partial charge in [0.25, 0.3) is 0 Å². The van der Waals surface area contributed by atoms with Gasteiger partial charge in [-0.05, 0) is 68.4 Å². The topological polar surface area (TPSA) is 35.6 Å². The standard InChI is InChI=1S/C44H32N4/c1-47-40-15-5-3-13-38(40)45-43(47)34-25-19-30(20-26-34)29-17-21-31(22-18-29)36-11-7-9-33-10-8-12-37(42(33)36)32-23-27-35(28-24-32)44-46-39-14-4-6-16-41(39)48(44)2/h3-28H,1-2H3. The number of nitrogens with zero attached hydrogens (tertiary/aromatic N) is 4. The molecule has 0 fully saturated rings. The Labute approximate surface area is 279 Å². The first-order valence-electron chi connectivity index (χ1n) is 16.3. The number of aromatic nitrogens is 4. The summed E-state index contributed by atoms with van der Waals surface area (Å²) in [6, 6.07) is 56.2. The molecule has 0 aliphatic rings. The Kier molecular flexibility index (Phi) is 6.54. The van der Waals surface area contributed by atoms with Crippen molar-refractivity contribution in [2.75, 3.05) is 0 Å². The van der Waals surface area contributed by atoms with Crippen LogP contribution < -0.4 is 0 Å². The summed E-state index contributed by atoms with van der Waals surface area (Å²) in [6.45, 7) is 0. The van der Waals surface area contributed by atoms with Gasteiger partial charge in [0.1, 0.15) is 11.6 Å². The Hall–Kier alpha value is -6.26. The number of para-hydroxylation sites is 4. The second kappa shape index (κ2) is 11.2. The predicted molar refractivity (Wildman–Crippen MR) is 200 cm³/mol. The van der Waals surface area contributed by atoms with Gasteiger partial charge in [0.2, 0.25) is 0 Å². The number of aryl methyl sites for hydroxylation is 2. The molecule has 0 aliphatic carbocycles. The summed E-state index contributed by atoms with van der Waals surface area (Å²) in [5, 5.41) is 2.49. The lowest BCUT2D eigenvalue weighted by Crippen LogP contribution is -1.92. The molecule has 0 saturated carbocycles. The summed E-state index contributed by atoms with van der Waals surface area (Å²) >= 11 is 0. The van der Waals surface area contributed by atoms with E-state index >= 15 is 0 Å². The third-order valence-corrected chi connectivity index (χ3v) is 9.61. The molecule has 0 N–H and O–H groups in total. The van der Waals surface area contributed by atoms with Crippen LogP contribution in [0.1, 0.15) is 0 Å². The predicted octanol–water partition coefficient (Wildman–Crippen LogP) is 10.9. The van der Waals surface area contributed by atoms with E-state index in [1.54, 1.807) is 0 Å². The van der Waals surface area contributed by atoms with Gasteiger partial charge >= 0.3 is 0 Å². The van der Waals surface area contributed by atoms with Crippen LogP contribution in [0.25, 0.3) is 89.0 Å². The SMILES string of the molecule is Cn1c(-c2ccc(-c3ccc(-c4cccc5cccc(-c6ccc(-c7nc8ccccc8n7C)cc6)c45)cc3)cc2)nc2ccccc21. The average Bonchev–Trinajstić information content (AvgIpc) is 3.67. The average molecular weight is 617 g/mol. The van der Waals surface area contributed by atoms with Crippen molar-refractivity contribution in [3.8, 4) is 56.2 Å². The monoisotopic (exact) mass is 616 g/mol. The van der Waals surface area contributed by atoms with Crippen LogP contribution in [0.5, 0.6) is 0 Å². The quantitative estimate of drug-likeness (QED) is 0.193. The molecule has 228 valence electrons. The van der Waals surface area contributed by atoms with Gasteiger partial charge in [0, 0.05) is 25.2 Å². The second-order valence-electron chi connectivity index (χ2n) is 12.4. The Balaban J connectivity index is 1.04. The zero-order valence-corrected chi connectivity index (χ0v) is 26.8. The van der Waals surface area contributed by atoms with Crippen molar-refractivity contribution in [2.24, 2.45) is 14.1 Å². The van der Waals surface area contributed by atoms with Gasteiger partial charge in [-0.1, -0.05) is 133 Å². The molecule has 2 aromatic heterocycles. The first-order chi connectivity index (χ1) is 23.6. The van der Waals surface area contributed by atoms with E-state index in [4.69, 9.17) is 9.97 Å². The highest BCUT2D eigenvalue weighted by molar-refractivity contribution is 6.06. The molecule has 0 unspecified atom stereocenters. The molecule has 0 saturated heterocycles. The van der Waals surface area contributed by atoms with Crippen LogP contribution in [-0.4, -0.2) is 19.1 Å². The fourth-order valence-electron chi connectivity index (χ4n) is 7.08. The van der Waals surface area contributed by atoms with Crippen molar-refractivity contribution in [2.45, 2.75) is 0 Å². The van der Waals surface area contributed by atoms with E-state index in [-0.39, 0.29) is 0 Å². The minimum absolute atomic E-state index is 0.973. The minimum Gasteiger partial charge on any atom is -0.327 e. The smallest absolute Gasteiger partial charge is 0.140 e. The first kappa shape index (κ1) is 28.0. The second-order valence-corrected chi connectivity index (χ2v) is 12.4. The fraction of sp³-hybridized carbons (Fsp3) is 0.0455.